The Labute approximate surface area is 106 Å². The van der Waals surface area contributed by atoms with E-state index in [0.29, 0.717) is 11.1 Å². The molecule has 18 heavy (non-hydrogen) atoms. The molecule has 0 aliphatic heterocycles. The summed E-state index contributed by atoms with van der Waals surface area (Å²) in [6, 6.07) is 13.4. The van der Waals surface area contributed by atoms with Gasteiger partial charge in [-0.05, 0) is 29.7 Å². The van der Waals surface area contributed by atoms with Gasteiger partial charge in [-0.25, -0.2) is 4.39 Å². The molecule has 2 aromatic rings. The van der Waals surface area contributed by atoms with Crippen LogP contribution in [0.25, 0.3) is 0 Å². The monoisotopic (exact) mass is 245 g/mol. The minimum Gasteiger partial charge on any atom is -0.386 e. The van der Waals surface area contributed by atoms with Crippen molar-refractivity contribution in [3.8, 4) is 0 Å². The standard InChI is InChI=1S/C15H16FNO/c1-10-7-8-12(9-13(10)16)15(18)14(17)11-5-3-2-4-6-11/h2-9,14-15,18H,17H2,1H3. The summed E-state index contributed by atoms with van der Waals surface area (Å²) in [5.41, 5.74) is 7.86. The van der Waals surface area contributed by atoms with E-state index in [0.717, 1.165) is 5.56 Å². The molecular weight excluding hydrogens is 229 g/mol. The molecule has 0 saturated carbocycles. The highest BCUT2D eigenvalue weighted by molar-refractivity contribution is 5.29. The third-order valence-electron chi connectivity index (χ3n) is 3.06. The summed E-state index contributed by atoms with van der Waals surface area (Å²) in [5.74, 6) is -0.327. The van der Waals surface area contributed by atoms with Crippen molar-refractivity contribution >= 4 is 0 Å². The van der Waals surface area contributed by atoms with Gasteiger partial charge in [0.2, 0.25) is 0 Å². The molecule has 2 nitrogen and oxygen atoms in total. The number of aliphatic hydroxyl groups excluding tert-OH is 1. The van der Waals surface area contributed by atoms with Gasteiger partial charge in [-0.1, -0.05) is 42.5 Å². The van der Waals surface area contributed by atoms with Gasteiger partial charge < -0.3 is 10.8 Å². The number of aliphatic hydroxyl groups is 1. The van der Waals surface area contributed by atoms with Crippen LogP contribution < -0.4 is 5.73 Å². The van der Waals surface area contributed by atoms with E-state index in [1.54, 1.807) is 19.1 Å². The molecule has 2 atom stereocenters. The second kappa shape index (κ2) is 5.29. The van der Waals surface area contributed by atoms with Crippen LogP contribution in [0.15, 0.2) is 48.5 Å². The number of aryl methyl sites for hydroxylation is 1. The lowest BCUT2D eigenvalue weighted by atomic mass is 9.96. The molecular formula is C15H16FNO. The number of halogens is 1. The first-order valence-corrected chi connectivity index (χ1v) is 5.84. The topological polar surface area (TPSA) is 46.2 Å². The number of nitrogens with two attached hydrogens (primary N) is 1. The Balaban J connectivity index is 2.25. The van der Waals surface area contributed by atoms with E-state index < -0.39 is 12.1 Å². The normalized spacial score (nSPS) is 14.2. The number of rotatable bonds is 3. The molecule has 2 aromatic carbocycles. The van der Waals surface area contributed by atoms with Gasteiger partial charge in [0.25, 0.3) is 0 Å². The molecule has 0 radical (unpaired) electrons. The Morgan fingerprint density at radius 3 is 2.33 bits per heavy atom. The molecule has 0 bridgehead atoms. The molecule has 0 fully saturated rings. The molecule has 0 aliphatic rings. The van der Waals surface area contributed by atoms with Crippen LogP contribution in [0.3, 0.4) is 0 Å². The van der Waals surface area contributed by atoms with Gasteiger partial charge in [-0.2, -0.15) is 0 Å². The third-order valence-corrected chi connectivity index (χ3v) is 3.06. The quantitative estimate of drug-likeness (QED) is 0.873. The van der Waals surface area contributed by atoms with E-state index in [1.807, 2.05) is 30.3 Å². The highest BCUT2D eigenvalue weighted by Gasteiger charge is 2.19. The smallest absolute Gasteiger partial charge is 0.126 e. The van der Waals surface area contributed by atoms with Crippen LogP contribution in [-0.4, -0.2) is 5.11 Å². The van der Waals surface area contributed by atoms with Crippen molar-refractivity contribution in [3.63, 3.8) is 0 Å². The molecule has 94 valence electrons. The Bertz CT molecular complexity index is 527. The fourth-order valence-electron chi connectivity index (χ4n) is 1.86. The molecule has 0 spiro atoms. The molecule has 3 heteroatoms. The molecule has 0 saturated heterocycles. The van der Waals surface area contributed by atoms with Crippen LogP contribution in [0.5, 0.6) is 0 Å². The maximum absolute atomic E-state index is 13.5. The predicted molar refractivity (Wildman–Crippen MR) is 69.5 cm³/mol. The molecule has 3 N–H and O–H groups in total. The first-order valence-electron chi connectivity index (χ1n) is 5.84. The largest absolute Gasteiger partial charge is 0.386 e. The number of benzene rings is 2. The molecule has 0 aliphatic carbocycles. The fourth-order valence-corrected chi connectivity index (χ4v) is 1.86. The van der Waals surface area contributed by atoms with Gasteiger partial charge in [0.1, 0.15) is 5.82 Å². The Hall–Kier alpha value is -1.71. The van der Waals surface area contributed by atoms with Crippen molar-refractivity contribution in [1.29, 1.82) is 0 Å². The lowest BCUT2D eigenvalue weighted by Crippen LogP contribution is -2.19. The Morgan fingerprint density at radius 1 is 1.06 bits per heavy atom. The zero-order valence-electron chi connectivity index (χ0n) is 10.2. The summed E-state index contributed by atoms with van der Waals surface area (Å²) in [4.78, 5) is 0. The van der Waals surface area contributed by atoms with Crippen LogP contribution in [0.1, 0.15) is 28.8 Å². The molecule has 2 rings (SSSR count). The third kappa shape index (κ3) is 2.58. The van der Waals surface area contributed by atoms with Crippen LogP contribution in [0.2, 0.25) is 0 Å². The number of hydrogen-bond donors (Lipinski definition) is 2. The fraction of sp³-hybridized carbons (Fsp3) is 0.200. The average molecular weight is 245 g/mol. The summed E-state index contributed by atoms with van der Waals surface area (Å²) in [6.07, 6.45) is -0.914. The van der Waals surface area contributed by atoms with Crippen molar-refractivity contribution in [3.05, 3.63) is 71.0 Å². The zero-order chi connectivity index (χ0) is 13.1. The average Bonchev–Trinajstić information content (AvgIpc) is 2.41. The van der Waals surface area contributed by atoms with Crippen LogP contribution in [0.4, 0.5) is 4.39 Å². The molecule has 0 aromatic heterocycles. The van der Waals surface area contributed by atoms with Crippen molar-refractivity contribution in [2.24, 2.45) is 5.73 Å². The minimum absolute atomic E-state index is 0.327. The van der Waals surface area contributed by atoms with E-state index in [2.05, 4.69) is 0 Å². The van der Waals surface area contributed by atoms with Gasteiger partial charge in [-0.15, -0.1) is 0 Å². The van der Waals surface area contributed by atoms with Gasteiger partial charge in [0.15, 0.2) is 0 Å². The van der Waals surface area contributed by atoms with Gasteiger partial charge in [-0.3, -0.25) is 0 Å². The zero-order valence-corrected chi connectivity index (χ0v) is 10.2. The van der Waals surface area contributed by atoms with E-state index in [1.165, 1.54) is 6.07 Å². The van der Waals surface area contributed by atoms with Crippen molar-refractivity contribution in [2.45, 2.75) is 19.1 Å². The highest BCUT2D eigenvalue weighted by atomic mass is 19.1. The minimum atomic E-state index is -0.914. The van der Waals surface area contributed by atoms with Crippen molar-refractivity contribution in [2.75, 3.05) is 0 Å². The SMILES string of the molecule is Cc1ccc(C(O)C(N)c2ccccc2)cc1F. The van der Waals surface area contributed by atoms with Gasteiger partial charge in [0, 0.05) is 0 Å². The van der Waals surface area contributed by atoms with Crippen molar-refractivity contribution in [1.82, 2.24) is 0 Å². The second-order valence-electron chi connectivity index (χ2n) is 4.39. The van der Waals surface area contributed by atoms with E-state index >= 15 is 0 Å². The van der Waals surface area contributed by atoms with E-state index in [9.17, 15) is 9.50 Å². The summed E-state index contributed by atoms with van der Waals surface area (Å²) >= 11 is 0. The maximum Gasteiger partial charge on any atom is 0.126 e. The molecule has 0 heterocycles. The summed E-state index contributed by atoms with van der Waals surface area (Å²) in [7, 11) is 0. The summed E-state index contributed by atoms with van der Waals surface area (Å²) in [6.45, 7) is 1.68. The van der Waals surface area contributed by atoms with Gasteiger partial charge >= 0.3 is 0 Å². The van der Waals surface area contributed by atoms with Crippen LogP contribution >= 0.6 is 0 Å². The van der Waals surface area contributed by atoms with Gasteiger partial charge in [0.05, 0.1) is 12.1 Å². The predicted octanol–water partition coefficient (Wildman–Crippen LogP) is 2.87. The highest BCUT2D eigenvalue weighted by Crippen LogP contribution is 2.27. The van der Waals surface area contributed by atoms with Crippen LogP contribution in [-0.2, 0) is 0 Å². The lowest BCUT2D eigenvalue weighted by molar-refractivity contribution is 0.146. The van der Waals surface area contributed by atoms with Crippen molar-refractivity contribution < 1.29 is 9.50 Å². The summed E-state index contributed by atoms with van der Waals surface area (Å²) in [5, 5.41) is 10.2. The van der Waals surface area contributed by atoms with E-state index in [-0.39, 0.29) is 5.82 Å². The van der Waals surface area contributed by atoms with E-state index in [4.69, 9.17) is 5.73 Å². The van der Waals surface area contributed by atoms with Crippen LogP contribution in [0, 0.1) is 12.7 Å². The first kappa shape index (κ1) is 12.7. The maximum atomic E-state index is 13.5. The second-order valence-corrected chi connectivity index (χ2v) is 4.39. The first-order chi connectivity index (χ1) is 8.59. The number of hydrogen-bond acceptors (Lipinski definition) is 2. The Morgan fingerprint density at radius 2 is 1.72 bits per heavy atom. The lowest BCUT2D eigenvalue weighted by Gasteiger charge is -2.20. The Kier molecular flexibility index (Phi) is 3.75. The molecule has 2 unspecified atom stereocenters. The summed E-state index contributed by atoms with van der Waals surface area (Å²) < 4.78 is 13.5. The molecule has 0 amide bonds.